The van der Waals surface area contributed by atoms with E-state index in [2.05, 4.69) is 10.0 Å². The van der Waals surface area contributed by atoms with Crippen molar-refractivity contribution in [2.45, 2.75) is 22.9 Å². The molecule has 0 atom stereocenters. The van der Waals surface area contributed by atoms with Crippen LogP contribution < -0.4 is 10.0 Å². The highest BCUT2D eigenvalue weighted by Crippen LogP contribution is 2.34. The fourth-order valence-electron chi connectivity index (χ4n) is 2.68. The number of hydrogen-bond donors (Lipinski definition) is 2. The van der Waals surface area contributed by atoms with Crippen LogP contribution in [0.5, 0.6) is 0 Å². The molecule has 0 aliphatic rings. The Morgan fingerprint density at radius 1 is 1.00 bits per heavy atom. The average molecular weight is 515 g/mol. The van der Waals surface area contributed by atoms with Crippen LogP contribution in [-0.2, 0) is 21.0 Å². The highest BCUT2D eigenvalue weighted by Gasteiger charge is 2.31. The van der Waals surface area contributed by atoms with Crippen molar-refractivity contribution in [2.75, 3.05) is 15.8 Å². The molecule has 2 N–H and O–H groups in total. The molecule has 11 heteroatoms. The summed E-state index contributed by atoms with van der Waals surface area (Å²) in [6, 6.07) is 15.5. The molecule has 0 saturated carbocycles. The summed E-state index contributed by atoms with van der Waals surface area (Å²) in [6.07, 6.45) is -4.55. The molecule has 1 amide bonds. The van der Waals surface area contributed by atoms with E-state index in [1.807, 2.05) is 6.92 Å². The van der Waals surface area contributed by atoms with Gasteiger partial charge in [0, 0.05) is 10.6 Å². The number of alkyl halides is 3. The van der Waals surface area contributed by atoms with Crippen LogP contribution in [0.4, 0.5) is 24.5 Å². The fraction of sp³-hybridized carbons (Fsp3) is 0.136. The Balaban J connectivity index is 1.58. The number of carbonyl (C=O) groups excluding carboxylic acids is 1. The van der Waals surface area contributed by atoms with E-state index in [-0.39, 0.29) is 21.4 Å². The first-order valence-corrected chi connectivity index (χ1v) is 12.3. The number of anilines is 2. The zero-order valence-corrected chi connectivity index (χ0v) is 19.5. The standard InChI is InChI=1S/C22H18ClF3N2O3S2/c1-14-2-9-18(10-3-14)33(30,31)28-16-5-7-17(8-6-16)32-13-21(29)27-20-12-15(22(24,25)26)4-11-19(20)23/h2-12,28H,13H2,1H3,(H,27,29). The minimum absolute atomic E-state index is 0.00781. The number of hydrogen-bond acceptors (Lipinski definition) is 4. The van der Waals surface area contributed by atoms with E-state index in [9.17, 15) is 26.4 Å². The topological polar surface area (TPSA) is 75.3 Å². The molecule has 5 nitrogen and oxygen atoms in total. The summed E-state index contributed by atoms with van der Waals surface area (Å²) in [5.41, 5.74) is 0.242. The number of amides is 1. The zero-order chi connectivity index (χ0) is 24.2. The number of thioether (sulfide) groups is 1. The highest BCUT2D eigenvalue weighted by atomic mass is 35.5. The molecule has 0 saturated heterocycles. The van der Waals surface area contributed by atoms with E-state index < -0.39 is 27.7 Å². The van der Waals surface area contributed by atoms with Gasteiger partial charge in [-0.15, -0.1) is 11.8 Å². The molecule has 0 heterocycles. The van der Waals surface area contributed by atoms with Crippen LogP contribution in [0.15, 0.2) is 76.5 Å². The van der Waals surface area contributed by atoms with Crippen molar-refractivity contribution in [3.63, 3.8) is 0 Å². The monoisotopic (exact) mass is 514 g/mol. The van der Waals surface area contributed by atoms with Gasteiger partial charge in [-0.1, -0.05) is 29.3 Å². The second kappa shape index (κ2) is 10.1. The van der Waals surface area contributed by atoms with Crippen LogP contribution in [-0.4, -0.2) is 20.1 Å². The summed E-state index contributed by atoms with van der Waals surface area (Å²) >= 11 is 7.02. The van der Waals surface area contributed by atoms with Gasteiger partial charge in [-0.05, 0) is 61.5 Å². The lowest BCUT2D eigenvalue weighted by Gasteiger charge is -2.12. The molecular weight excluding hydrogens is 497 g/mol. The quantitative estimate of drug-likeness (QED) is 0.368. The molecule has 3 aromatic carbocycles. The Labute approximate surface area is 198 Å². The first-order chi connectivity index (χ1) is 15.4. The maximum Gasteiger partial charge on any atom is 0.416 e. The number of aryl methyl sites for hydroxylation is 1. The van der Waals surface area contributed by atoms with Crippen LogP contribution in [0.1, 0.15) is 11.1 Å². The summed E-state index contributed by atoms with van der Waals surface area (Å²) < 4.78 is 65.9. The molecule has 33 heavy (non-hydrogen) atoms. The molecule has 0 bridgehead atoms. The first-order valence-electron chi connectivity index (χ1n) is 9.43. The number of halogens is 4. The minimum Gasteiger partial charge on any atom is -0.324 e. The molecule has 3 aromatic rings. The van der Waals surface area contributed by atoms with Gasteiger partial charge in [0.1, 0.15) is 0 Å². The summed E-state index contributed by atoms with van der Waals surface area (Å²) in [7, 11) is -3.73. The number of rotatable bonds is 7. The molecule has 174 valence electrons. The third-order valence-electron chi connectivity index (χ3n) is 4.38. The van der Waals surface area contributed by atoms with E-state index in [0.717, 1.165) is 35.5 Å². The summed E-state index contributed by atoms with van der Waals surface area (Å²) in [6.45, 7) is 1.86. The van der Waals surface area contributed by atoms with Crippen LogP contribution >= 0.6 is 23.4 Å². The van der Waals surface area contributed by atoms with Gasteiger partial charge in [0.15, 0.2) is 0 Å². The Hall–Kier alpha value is -2.69. The van der Waals surface area contributed by atoms with Gasteiger partial charge >= 0.3 is 6.18 Å². The first kappa shape index (κ1) is 24.9. The molecule has 0 spiro atoms. The van der Waals surface area contributed by atoms with Gasteiger partial charge < -0.3 is 5.32 Å². The molecule has 0 aliphatic heterocycles. The van der Waals surface area contributed by atoms with Crippen LogP contribution in [0, 0.1) is 6.92 Å². The van der Waals surface area contributed by atoms with Crippen LogP contribution in [0.2, 0.25) is 5.02 Å². The lowest BCUT2D eigenvalue weighted by atomic mass is 10.2. The van der Waals surface area contributed by atoms with Gasteiger partial charge in [-0.3, -0.25) is 9.52 Å². The molecule has 0 radical (unpaired) electrons. The van der Waals surface area contributed by atoms with Crippen molar-refractivity contribution in [3.05, 3.63) is 82.9 Å². The van der Waals surface area contributed by atoms with Crippen molar-refractivity contribution in [2.24, 2.45) is 0 Å². The predicted octanol–water partition coefficient (Wildman–Crippen LogP) is 6.20. The lowest BCUT2D eigenvalue weighted by Crippen LogP contribution is -2.15. The Morgan fingerprint density at radius 3 is 2.24 bits per heavy atom. The normalized spacial score (nSPS) is 11.8. The van der Waals surface area contributed by atoms with E-state index in [1.165, 1.54) is 12.1 Å². The average Bonchev–Trinajstić information content (AvgIpc) is 2.74. The number of nitrogens with one attached hydrogen (secondary N) is 2. The minimum atomic E-state index is -4.55. The summed E-state index contributed by atoms with van der Waals surface area (Å²) in [5, 5.41) is 2.37. The van der Waals surface area contributed by atoms with Gasteiger partial charge in [-0.25, -0.2) is 8.42 Å². The highest BCUT2D eigenvalue weighted by molar-refractivity contribution is 8.00. The molecule has 0 aliphatic carbocycles. The molecule has 0 fully saturated rings. The van der Waals surface area contributed by atoms with Crippen molar-refractivity contribution < 1.29 is 26.4 Å². The van der Waals surface area contributed by atoms with Crippen molar-refractivity contribution in [1.82, 2.24) is 0 Å². The summed E-state index contributed by atoms with van der Waals surface area (Å²) in [4.78, 5) is 13.0. The maximum absolute atomic E-state index is 12.9. The van der Waals surface area contributed by atoms with Gasteiger partial charge in [0.2, 0.25) is 5.91 Å². The van der Waals surface area contributed by atoms with Crippen molar-refractivity contribution >= 4 is 50.7 Å². The van der Waals surface area contributed by atoms with Gasteiger partial charge in [0.05, 0.1) is 26.9 Å². The van der Waals surface area contributed by atoms with E-state index in [0.29, 0.717) is 10.6 Å². The largest absolute Gasteiger partial charge is 0.416 e. The van der Waals surface area contributed by atoms with E-state index in [1.54, 1.807) is 36.4 Å². The Morgan fingerprint density at radius 2 is 1.64 bits per heavy atom. The zero-order valence-electron chi connectivity index (χ0n) is 17.1. The summed E-state index contributed by atoms with van der Waals surface area (Å²) in [5.74, 6) is -0.619. The van der Waals surface area contributed by atoms with E-state index in [4.69, 9.17) is 11.6 Å². The third kappa shape index (κ3) is 6.89. The van der Waals surface area contributed by atoms with Crippen LogP contribution in [0.3, 0.4) is 0 Å². The second-order valence-electron chi connectivity index (χ2n) is 6.97. The molecule has 0 unspecified atom stereocenters. The smallest absolute Gasteiger partial charge is 0.324 e. The van der Waals surface area contributed by atoms with Crippen molar-refractivity contribution in [3.8, 4) is 0 Å². The van der Waals surface area contributed by atoms with Crippen molar-refractivity contribution in [1.29, 1.82) is 0 Å². The third-order valence-corrected chi connectivity index (χ3v) is 7.11. The predicted molar refractivity (Wildman–Crippen MR) is 124 cm³/mol. The number of sulfonamides is 1. The molecule has 3 rings (SSSR count). The Bertz CT molecular complexity index is 1250. The van der Waals surface area contributed by atoms with E-state index >= 15 is 0 Å². The Kier molecular flexibility index (Phi) is 7.61. The molecular formula is C22H18ClF3N2O3S2. The fourth-order valence-corrected chi connectivity index (χ4v) is 4.61. The number of benzene rings is 3. The second-order valence-corrected chi connectivity index (χ2v) is 10.1. The maximum atomic E-state index is 12.9. The molecule has 0 aromatic heterocycles. The van der Waals surface area contributed by atoms with Gasteiger partial charge in [-0.2, -0.15) is 13.2 Å². The van der Waals surface area contributed by atoms with Crippen LogP contribution in [0.25, 0.3) is 0 Å². The SMILES string of the molecule is Cc1ccc(S(=O)(=O)Nc2ccc(SCC(=O)Nc3cc(C(F)(F)F)ccc3Cl)cc2)cc1. The van der Waals surface area contributed by atoms with Gasteiger partial charge in [0.25, 0.3) is 10.0 Å². The number of carbonyl (C=O) groups is 1. The lowest BCUT2D eigenvalue weighted by molar-refractivity contribution is -0.137.